The van der Waals surface area contributed by atoms with Crippen LogP contribution in [0.2, 0.25) is 0 Å². The average Bonchev–Trinajstić information content (AvgIpc) is 2.45. The van der Waals surface area contributed by atoms with Gasteiger partial charge in [-0.15, -0.1) is 0 Å². The number of aliphatic carboxylic acids is 1. The minimum absolute atomic E-state index is 0.320. The lowest BCUT2D eigenvalue weighted by Crippen LogP contribution is -2.18. The Morgan fingerprint density at radius 3 is 2.70 bits per heavy atom. The highest BCUT2D eigenvalue weighted by Crippen LogP contribution is 2.31. The number of methoxy groups -OCH3 is 2. The number of hydrogen-bond donors (Lipinski definition) is 2. The van der Waals surface area contributed by atoms with Crippen molar-refractivity contribution in [3.63, 3.8) is 0 Å². The van der Waals surface area contributed by atoms with Gasteiger partial charge in [0.2, 0.25) is 0 Å². The number of aromatic nitrogens is 1. The molecule has 6 heteroatoms. The molecule has 0 fully saturated rings. The topological polar surface area (TPSA) is 94.7 Å². The maximum Gasteiger partial charge on any atom is 0.306 e. The Kier molecular flexibility index (Phi) is 6.79. The number of unbranched alkanes of at least 4 members (excludes halogenated alkanes) is 1. The summed E-state index contributed by atoms with van der Waals surface area (Å²) in [5.41, 5.74) is 6.03. The van der Waals surface area contributed by atoms with E-state index >= 15 is 0 Å². The highest BCUT2D eigenvalue weighted by molar-refractivity contribution is 5.70. The molecule has 0 radical (unpaired) electrons. The van der Waals surface area contributed by atoms with Crippen molar-refractivity contribution in [2.75, 3.05) is 20.8 Å². The van der Waals surface area contributed by atoms with Crippen molar-refractivity contribution in [3.05, 3.63) is 18.0 Å². The second-order valence-electron chi connectivity index (χ2n) is 4.52. The van der Waals surface area contributed by atoms with Crippen molar-refractivity contribution in [1.82, 2.24) is 4.98 Å². The Hall–Kier alpha value is -1.82. The van der Waals surface area contributed by atoms with Crippen molar-refractivity contribution >= 4 is 5.97 Å². The van der Waals surface area contributed by atoms with Crippen molar-refractivity contribution in [2.24, 2.45) is 11.7 Å². The summed E-state index contributed by atoms with van der Waals surface area (Å²) >= 11 is 0. The quantitative estimate of drug-likeness (QED) is 0.666. The van der Waals surface area contributed by atoms with Gasteiger partial charge in [0, 0.05) is 18.7 Å². The van der Waals surface area contributed by atoms with E-state index in [-0.39, 0.29) is 0 Å². The van der Waals surface area contributed by atoms with Gasteiger partial charge in [-0.1, -0.05) is 6.42 Å². The molecule has 1 atom stereocenters. The Bertz CT molecular complexity index is 437. The number of nitrogens with two attached hydrogens (primary N) is 1. The van der Waals surface area contributed by atoms with Crippen LogP contribution in [0.5, 0.6) is 11.5 Å². The van der Waals surface area contributed by atoms with Crippen LogP contribution >= 0.6 is 0 Å². The summed E-state index contributed by atoms with van der Waals surface area (Å²) in [7, 11) is 3.06. The second-order valence-corrected chi connectivity index (χ2v) is 4.52. The molecule has 0 aliphatic carbocycles. The molecule has 0 bridgehead atoms. The van der Waals surface area contributed by atoms with E-state index in [1.807, 2.05) is 0 Å². The largest absolute Gasteiger partial charge is 0.493 e. The van der Waals surface area contributed by atoms with Crippen LogP contribution in [0.4, 0.5) is 0 Å². The standard InChI is InChI=1S/C14H22N2O4/c1-19-12-6-8-16-11(13(12)20-2)9-10(14(17)18)5-3-4-7-15/h6,8,10H,3-5,7,9,15H2,1-2H3,(H,17,18). The Morgan fingerprint density at radius 1 is 1.40 bits per heavy atom. The van der Waals surface area contributed by atoms with Gasteiger partial charge in [-0.05, 0) is 19.4 Å². The van der Waals surface area contributed by atoms with Gasteiger partial charge in [-0.2, -0.15) is 0 Å². The van der Waals surface area contributed by atoms with Gasteiger partial charge in [0.1, 0.15) is 0 Å². The van der Waals surface area contributed by atoms with Gasteiger partial charge in [0.05, 0.1) is 25.8 Å². The third kappa shape index (κ3) is 4.38. The van der Waals surface area contributed by atoms with Gasteiger partial charge in [0.25, 0.3) is 0 Å². The van der Waals surface area contributed by atoms with Gasteiger partial charge >= 0.3 is 5.97 Å². The van der Waals surface area contributed by atoms with E-state index in [0.29, 0.717) is 36.6 Å². The number of hydrogen-bond acceptors (Lipinski definition) is 5. The SMILES string of the molecule is COc1ccnc(CC(CCCCN)C(=O)O)c1OC. The fourth-order valence-electron chi connectivity index (χ4n) is 2.08. The van der Waals surface area contributed by atoms with Gasteiger partial charge in [-0.3, -0.25) is 9.78 Å². The third-order valence-electron chi connectivity index (χ3n) is 3.16. The first-order chi connectivity index (χ1) is 9.63. The van der Waals surface area contributed by atoms with Crippen LogP contribution in [0.25, 0.3) is 0 Å². The van der Waals surface area contributed by atoms with Crippen LogP contribution < -0.4 is 15.2 Å². The van der Waals surface area contributed by atoms with Crippen LogP contribution in [-0.4, -0.2) is 36.8 Å². The molecule has 0 spiro atoms. The monoisotopic (exact) mass is 282 g/mol. The van der Waals surface area contributed by atoms with E-state index in [0.717, 1.165) is 12.8 Å². The molecule has 3 N–H and O–H groups in total. The highest BCUT2D eigenvalue weighted by atomic mass is 16.5. The molecule has 0 saturated heterocycles. The normalized spacial score (nSPS) is 11.9. The molecule has 1 unspecified atom stereocenters. The first-order valence-electron chi connectivity index (χ1n) is 6.62. The van der Waals surface area contributed by atoms with E-state index in [1.165, 1.54) is 14.2 Å². The number of nitrogens with zero attached hydrogens (tertiary/aromatic N) is 1. The summed E-state index contributed by atoms with van der Waals surface area (Å²) in [4.78, 5) is 15.5. The minimum Gasteiger partial charge on any atom is -0.493 e. The molecule has 1 heterocycles. The summed E-state index contributed by atoms with van der Waals surface area (Å²) in [6, 6.07) is 1.69. The molecule has 1 aromatic rings. The zero-order valence-electron chi connectivity index (χ0n) is 12.0. The number of carboxylic acid groups (broad SMARTS) is 1. The predicted molar refractivity (Wildman–Crippen MR) is 75.1 cm³/mol. The number of carbonyl (C=O) groups is 1. The summed E-state index contributed by atoms with van der Waals surface area (Å²) in [6.07, 6.45) is 4.11. The van der Waals surface area contributed by atoms with Gasteiger partial charge in [-0.25, -0.2) is 0 Å². The summed E-state index contributed by atoms with van der Waals surface area (Å²) in [5, 5.41) is 9.29. The van der Waals surface area contributed by atoms with Crippen LogP contribution in [0, 0.1) is 5.92 Å². The van der Waals surface area contributed by atoms with Crippen LogP contribution in [0.1, 0.15) is 25.0 Å². The molecule has 20 heavy (non-hydrogen) atoms. The molecular formula is C14H22N2O4. The van der Waals surface area contributed by atoms with E-state index in [9.17, 15) is 9.90 Å². The predicted octanol–water partition coefficient (Wildman–Crippen LogP) is 1.47. The van der Waals surface area contributed by atoms with E-state index in [4.69, 9.17) is 15.2 Å². The first-order valence-corrected chi connectivity index (χ1v) is 6.62. The number of pyridine rings is 1. The van der Waals surface area contributed by atoms with Crippen LogP contribution in [0.3, 0.4) is 0 Å². The number of rotatable bonds is 9. The Morgan fingerprint density at radius 2 is 2.15 bits per heavy atom. The van der Waals surface area contributed by atoms with E-state index in [1.54, 1.807) is 12.3 Å². The summed E-state index contributed by atoms with van der Waals surface area (Å²) < 4.78 is 10.5. The maximum atomic E-state index is 11.3. The molecule has 1 rings (SSSR count). The Labute approximate surface area is 118 Å². The fraction of sp³-hybridized carbons (Fsp3) is 0.571. The molecule has 6 nitrogen and oxygen atoms in total. The van der Waals surface area contributed by atoms with E-state index < -0.39 is 11.9 Å². The van der Waals surface area contributed by atoms with Crippen LogP contribution in [0.15, 0.2) is 12.3 Å². The first kappa shape index (κ1) is 16.2. The van der Waals surface area contributed by atoms with Crippen LogP contribution in [-0.2, 0) is 11.2 Å². The molecule has 0 aromatic carbocycles. The smallest absolute Gasteiger partial charge is 0.306 e. The molecule has 112 valence electrons. The lowest BCUT2D eigenvalue weighted by Gasteiger charge is -2.15. The molecule has 0 aliphatic heterocycles. The Balaban J connectivity index is 2.85. The molecular weight excluding hydrogens is 260 g/mol. The second kappa shape index (κ2) is 8.37. The molecule has 1 aromatic heterocycles. The lowest BCUT2D eigenvalue weighted by atomic mass is 9.96. The van der Waals surface area contributed by atoms with Crippen molar-refractivity contribution in [1.29, 1.82) is 0 Å². The zero-order valence-corrected chi connectivity index (χ0v) is 12.0. The summed E-state index contributed by atoms with van der Waals surface area (Å²) in [6.45, 7) is 0.576. The average molecular weight is 282 g/mol. The molecule has 0 saturated carbocycles. The highest BCUT2D eigenvalue weighted by Gasteiger charge is 2.21. The number of ether oxygens (including phenoxy) is 2. The van der Waals surface area contributed by atoms with Crippen molar-refractivity contribution < 1.29 is 19.4 Å². The molecule has 0 aliphatic rings. The minimum atomic E-state index is -0.825. The fourth-order valence-corrected chi connectivity index (χ4v) is 2.08. The zero-order chi connectivity index (χ0) is 15.0. The maximum absolute atomic E-state index is 11.3. The molecule has 0 amide bonds. The van der Waals surface area contributed by atoms with Gasteiger partial charge in [0.15, 0.2) is 11.5 Å². The van der Waals surface area contributed by atoms with Crippen molar-refractivity contribution in [2.45, 2.75) is 25.7 Å². The van der Waals surface area contributed by atoms with Gasteiger partial charge < -0.3 is 20.3 Å². The summed E-state index contributed by atoms with van der Waals surface area (Å²) in [5.74, 6) is -0.257. The third-order valence-corrected chi connectivity index (χ3v) is 3.16. The van der Waals surface area contributed by atoms with Crippen molar-refractivity contribution in [3.8, 4) is 11.5 Å². The number of carboxylic acids is 1. The van der Waals surface area contributed by atoms with E-state index in [2.05, 4.69) is 4.98 Å². The lowest BCUT2D eigenvalue weighted by molar-refractivity contribution is -0.142.